The maximum atomic E-state index is 13.6. The summed E-state index contributed by atoms with van der Waals surface area (Å²) >= 11 is 0. The van der Waals surface area contributed by atoms with Crippen LogP contribution < -0.4 is 4.73 Å². The Kier molecular flexibility index (Phi) is 3.22. The first-order chi connectivity index (χ1) is 12.6. The van der Waals surface area contributed by atoms with Crippen molar-refractivity contribution in [2.24, 2.45) is 0 Å². The predicted molar refractivity (Wildman–Crippen MR) is 90.9 cm³/mol. The molecule has 4 aromatic rings. The van der Waals surface area contributed by atoms with Crippen molar-refractivity contribution >= 4 is 16.6 Å². The van der Waals surface area contributed by atoms with Gasteiger partial charge in [0.05, 0.1) is 0 Å². The van der Waals surface area contributed by atoms with Gasteiger partial charge in [-0.25, -0.2) is 9.37 Å². The van der Waals surface area contributed by atoms with Crippen LogP contribution in [0.5, 0.6) is 0 Å². The van der Waals surface area contributed by atoms with E-state index in [9.17, 15) is 9.60 Å². The Morgan fingerprint density at radius 3 is 2.92 bits per heavy atom. The normalized spacial score (nSPS) is 15.5. The zero-order valence-electron chi connectivity index (χ0n) is 14.1. The number of fused-ring (bicyclic) bond motifs is 3. The van der Waals surface area contributed by atoms with Gasteiger partial charge in [0.1, 0.15) is 23.2 Å². The predicted octanol–water partition coefficient (Wildman–Crippen LogP) is 3.28. The van der Waals surface area contributed by atoms with Gasteiger partial charge in [-0.1, -0.05) is 18.0 Å². The van der Waals surface area contributed by atoms with E-state index in [0.717, 1.165) is 12.8 Å². The van der Waals surface area contributed by atoms with E-state index in [1.54, 1.807) is 23.7 Å². The standard InChI is InChI=1S/C18H16FN5O2/c1-10-16-15(18-21-17(22-26-18)11-4-2-3-5-11)20-9-23(16)13-7-6-12(19)8-14(13)24(10)25/h6-9,11H,2-5H2,1H3. The molecule has 1 aromatic carbocycles. The molecule has 0 spiro atoms. The number of halogens is 1. The molecule has 132 valence electrons. The highest BCUT2D eigenvalue weighted by molar-refractivity contribution is 5.82. The molecule has 5 rings (SSSR count). The van der Waals surface area contributed by atoms with Crippen LogP contribution in [0.15, 0.2) is 29.0 Å². The lowest BCUT2D eigenvalue weighted by Gasteiger charge is -2.08. The van der Waals surface area contributed by atoms with Crippen LogP contribution in [-0.4, -0.2) is 19.5 Å². The van der Waals surface area contributed by atoms with Crippen molar-refractivity contribution in [1.82, 2.24) is 19.5 Å². The van der Waals surface area contributed by atoms with E-state index in [1.165, 1.54) is 25.0 Å². The lowest BCUT2D eigenvalue weighted by molar-refractivity contribution is -0.583. The van der Waals surface area contributed by atoms with Crippen molar-refractivity contribution in [1.29, 1.82) is 0 Å². The zero-order valence-corrected chi connectivity index (χ0v) is 14.1. The number of hydrogen-bond donors (Lipinski definition) is 0. The molecule has 0 N–H and O–H groups in total. The van der Waals surface area contributed by atoms with Crippen LogP contribution in [0, 0.1) is 17.9 Å². The first-order valence-corrected chi connectivity index (χ1v) is 8.66. The SMILES string of the molecule is Cc1c2c(-c3nc(C4CCCC4)no3)ncn2c2ccc(F)cc2[n+]1[O-]. The fourth-order valence-corrected chi connectivity index (χ4v) is 3.85. The fraction of sp³-hybridized carbons (Fsp3) is 0.333. The van der Waals surface area contributed by atoms with Gasteiger partial charge >= 0.3 is 0 Å². The molecular formula is C18H16FN5O2. The van der Waals surface area contributed by atoms with Crippen molar-refractivity contribution < 1.29 is 13.6 Å². The van der Waals surface area contributed by atoms with Crippen molar-refractivity contribution in [2.75, 3.05) is 0 Å². The third-order valence-electron chi connectivity index (χ3n) is 5.20. The minimum Gasteiger partial charge on any atom is -0.618 e. The fourth-order valence-electron chi connectivity index (χ4n) is 3.85. The van der Waals surface area contributed by atoms with E-state index in [1.807, 2.05) is 0 Å². The third-order valence-corrected chi connectivity index (χ3v) is 5.20. The maximum absolute atomic E-state index is 13.6. The third kappa shape index (κ3) is 2.11. The molecule has 0 amide bonds. The zero-order chi connectivity index (χ0) is 17.8. The second-order valence-corrected chi connectivity index (χ2v) is 6.76. The number of aryl methyl sites for hydroxylation is 1. The van der Waals surface area contributed by atoms with Gasteiger partial charge in [0.2, 0.25) is 11.2 Å². The molecule has 8 heteroatoms. The lowest BCUT2D eigenvalue weighted by atomic mass is 10.1. The van der Waals surface area contributed by atoms with Crippen LogP contribution >= 0.6 is 0 Å². The van der Waals surface area contributed by atoms with E-state index in [-0.39, 0.29) is 5.52 Å². The summed E-state index contributed by atoms with van der Waals surface area (Å²) in [6.45, 7) is 1.67. The molecule has 0 unspecified atom stereocenters. The molecule has 0 aliphatic heterocycles. The van der Waals surface area contributed by atoms with Crippen molar-refractivity contribution in [3.63, 3.8) is 0 Å². The number of aromatic nitrogens is 5. The Morgan fingerprint density at radius 2 is 2.12 bits per heavy atom. The Morgan fingerprint density at radius 1 is 1.31 bits per heavy atom. The van der Waals surface area contributed by atoms with Crippen LogP contribution in [-0.2, 0) is 0 Å². The molecule has 26 heavy (non-hydrogen) atoms. The molecule has 0 radical (unpaired) electrons. The molecule has 7 nitrogen and oxygen atoms in total. The first kappa shape index (κ1) is 15.2. The highest BCUT2D eigenvalue weighted by atomic mass is 19.1. The van der Waals surface area contributed by atoms with Crippen LogP contribution in [0.2, 0.25) is 0 Å². The molecule has 1 aliphatic carbocycles. The minimum atomic E-state index is -0.459. The Balaban J connectivity index is 1.72. The minimum absolute atomic E-state index is 0.246. The van der Waals surface area contributed by atoms with E-state index in [2.05, 4.69) is 15.1 Å². The van der Waals surface area contributed by atoms with Gasteiger partial charge in [0.25, 0.3) is 5.89 Å². The van der Waals surface area contributed by atoms with Gasteiger partial charge in [-0.3, -0.25) is 4.40 Å². The molecule has 3 heterocycles. The second-order valence-electron chi connectivity index (χ2n) is 6.76. The van der Waals surface area contributed by atoms with Gasteiger partial charge < -0.3 is 9.73 Å². The van der Waals surface area contributed by atoms with E-state index < -0.39 is 5.82 Å². The Bertz CT molecular complexity index is 1140. The highest BCUT2D eigenvalue weighted by Gasteiger charge is 2.26. The van der Waals surface area contributed by atoms with Gasteiger partial charge in [-0.2, -0.15) is 9.71 Å². The number of rotatable bonds is 2. The second kappa shape index (κ2) is 5.48. The molecule has 0 saturated heterocycles. The smallest absolute Gasteiger partial charge is 0.279 e. The average Bonchev–Trinajstić information content (AvgIpc) is 3.38. The Labute approximate surface area is 147 Å². The Hall–Kier alpha value is -3.03. The molecule has 0 bridgehead atoms. The van der Waals surface area contributed by atoms with Crippen molar-refractivity contribution in [2.45, 2.75) is 38.5 Å². The molecule has 1 fully saturated rings. The summed E-state index contributed by atoms with van der Waals surface area (Å²) in [5.74, 6) is 0.878. The van der Waals surface area contributed by atoms with Gasteiger partial charge in [0, 0.05) is 18.9 Å². The number of imidazole rings is 1. The van der Waals surface area contributed by atoms with E-state index in [0.29, 0.717) is 44.8 Å². The van der Waals surface area contributed by atoms with Crippen LogP contribution in [0.3, 0.4) is 0 Å². The van der Waals surface area contributed by atoms with Crippen LogP contribution in [0.25, 0.3) is 28.1 Å². The van der Waals surface area contributed by atoms with Crippen LogP contribution in [0.1, 0.15) is 43.1 Å². The van der Waals surface area contributed by atoms with Crippen molar-refractivity contribution in [3.05, 3.63) is 47.1 Å². The number of hydrogen-bond acceptors (Lipinski definition) is 5. The maximum Gasteiger partial charge on any atom is 0.279 e. The van der Waals surface area contributed by atoms with Gasteiger partial charge in [-0.05, 0) is 25.0 Å². The topological polar surface area (TPSA) is 83.2 Å². The summed E-state index contributed by atoms with van der Waals surface area (Å²) in [5, 5.41) is 16.7. The van der Waals surface area contributed by atoms with Gasteiger partial charge in [-0.15, -0.1) is 0 Å². The van der Waals surface area contributed by atoms with Crippen molar-refractivity contribution in [3.8, 4) is 11.6 Å². The summed E-state index contributed by atoms with van der Waals surface area (Å²) in [5.41, 5.74) is 2.26. The summed E-state index contributed by atoms with van der Waals surface area (Å²) < 4.78 is 21.5. The van der Waals surface area contributed by atoms with E-state index >= 15 is 0 Å². The number of benzene rings is 1. The van der Waals surface area contributed by atoms with E-state index in [4.69, 9.17) is 4.52 Å². The average molecular weight is 353 g/mol. The monoisotopic (exact) mass is 353 g/mol. The molecule has 1 aliphatic rings. The van der Waals surface area contributed by atoms with Crippen LogP contribution in [0.4, 0.5) is 4.39 Å². The number of nitrogens with zero attached hydrogens (tertiary/aromatic N) is 5. The quantitative estimate of drug-likeness (QED) is 0.408. The first-order valence-electron chi connectivity index (χ1n) is 8.66. The molecule has 1 saturated carbocycles. The summed E-state index contributed by atoms with van der Waals surface area (Å²) in [6.07, 6.45) is 6.09. The molecule has 0 atom stereocenters. The summed E-state index contributed by atoms with van der Waals surface area (Å²) in [7, 11) is 0. The molecule has 3 aromatic heterocycles. The summed E-state index contributed by atoms with van der Waals surface area (Å²) in [4.78, 5) is 8.93. The highest BCUT2D eigenvalue weighted by Crippen LogP contribution is 2.34. The lowest BCUT2D eigenvalue weighted by Crippen LogP contribution is -2.32. The largest absolute Gasteiger partial charge is 0.618 e. The summed E-state index contributed by atoms with van der Waals surface area (Å²) in [6, 6.07) is 4.11. The molecular weight excluding hydrogens is 337 g/mol. The van der Waals surface area contributed by atoms with Gasteiger partial charge in [0.15, 0.2) is 11.5 Å².